The van der Waals surface area contributed by atoms with Gasteiger partial charge in [0.1, 0.15) is 0 Å². The maximum absolute atomic E-state index is 11.4. The first-order valence-electron chi connectivity index (χ1n) is 4.27. The lowest BCUT2D eigenvalue weighted by atomic mass is 10.4. The van der Waals surface area contributed by atoms with Crippen molar-refractivity contribution in [2.75, 3.05) is 26.8 Å². The van der Waals surface area contributed by atoms with Gasteiger partial charge < -0.3 is 9.64 Å². The van der Waals surface area contributed by atoms with Crippen LogP contribution in [0.15, 0.2) is 24.8 Å². The van der Waals surface area contributed by atoms with Gasteiger partial charge in [-0.1, -0.05) is 12.2 Å². The SMILES string of the molecule is C=CCN(CCOC)C(=O)/C=C/C. The number of carbonyl (C=O) groups is 1. The highest BCUT2D eigenvalue weighted by atomic mass is 16.5. The summed E-state index contributed by atoms with van der Waals surface area (Å²) in [6.07, 6.45) is 4.97. The minimum Gasteiger partial charge on any atom is -0.383 e. The summed E-state index contributed by atoms with van der Waals surface area (Å²) in [5.74, 6) is -0.000509. The van der Waals surface area contributed by atoms with Crippen LogP contribution in [0.25, 0.3) is 0 Å². The van der Waals surface area contributed by atoms with Crippen LogP contribution in [0.4, 0.5) is 0 Å². The maximum Gasteiger partial charge on any atom is 0.246 e. The normalized spacial score (nSPS) is 10.3. The van der Waals surface area contributed by atoms with Gasteiger partial charge in [0.2, 0.25) is 5.91 Å². The fourth-order valence-electron chi connectivity index (χ4n) is 0.897. The standard InChI is InChI=1S/C10H17NO2/c1-4-6-10(12)11(7-5-2)8-9-13-3/h4-6H,2,7-9H2,1,3H3/b6-4+. The zero-order chi connectivity index (χ0) is 10.1. The molecule has 0 aliphatic carbocycles. The molecule has 0 aromatic heterocycles. The van der Waals surface area contributed by atoms with E-state index in [1.54, 1.807) is 30.2 Å². The number of ether oxygens (including phenoxy) is 1. The van der Waals surface area contributed by atoms with Crippen LogP contribution in [0.3, 0.4) is 0 Å². The molecule has 3 nitrogen and oxygen atoms in total. The molecule has 0 aromatic carbocycles. The summed E-state index contributed by atoms with van der Waals surface area (Å²) in [5, 5.41) is 0. The quantitative estimate of drug-likeness (QED) is 0.458. The van der Waals surface area contributed by atoms with Crippen LogP contribution in [0, 0.1) is 0 Å². The Morgan fingerprint density at radius 2 is 2.31 bits per heavy atom. The van der Waals surface area contributed by atoms with Crippen molar-refractivity contribution in [1.29, 1.82) is 0 Å². The molecule has 0 heterocycles. The Morgan fingerprint density at radius 3 is 2.77 bits per heavy atom. The molecule has 0 fully saturated rings. The molecule has 0 saturated carbocycles. The van der Waals surface area contributed by atoms with Crippen molar-refractivity contribution in [3.05, 3.63) is 24.8 Å². The van der Waals surface area contributed by atoms with Gasteiger partial charge in [0.05, 0.1) is 6.61 Å². The molecule has 13 heavy (non-hydrogen) atoms. The summed E-state index contributed by atoms with van der Waals surface area (Å²) < 4.78 is 4.89. The van der Waals surface area contributed by atoms with Gasteiger partial charge in [-0.3, -0.25) is 4.79 Å². The van der Waals surface area contributed by atoms with Crippen molar-refractivity contribution in [3.63, 3.8) is 0 Å². The van der Waals surface area contributed by atoms with Gasteiger partial charge in [-0.25, -0.2) is 0 Å². The molecular weight excluding hydrogens is 166 g/mol. The zero-order valence-electron chi connectivity index (χ0n) is 8.32. The molecule has 1 amide bonds. The van der Waals surface area contributed by atoms with Gasteiger partial charge in [-0.2, -0.15) is 0 Å². The summed E-state index contributed by atoms with van der Waals surface area (Å²) >= 11 is 0. The number of nitrogens with zero attached hydrogens (tertiary/aromatic N) is 1. The Bertz CT molecular complexity index is 187. The van der Waals surface area contributed by atoms with E-state index in [1.807, 2.05) is 6.92 Å². The molecule has 0 atom stereocenters. The third-order valence-corrected chi connectivity index (χ3v) is 1.54. The van der Waals surface area contributed by atoms with Gasteiger partial charge in [-0.15, -0.1) is 6.58 Å². The van der Waals surface area contributed by atoms with E-state index in [0.29, 0.717) is 19.7 Å². The van der Waals surface area contributed by atoms with Crippen LogP contribution < -0.4 is 0 Å². The smallest absolute Gasteiger partial charge is 0.246 e. The topological polar surface area (TPSA) is 29.5 Å². The van der Waals surface area contributed by atoms with Gasteiger partial charge in [0.15, 0.2) is 0 Å². The summed E-state index contributed by atoms with van der Waals surface area (Å²) in [7, 11) is 1.62. The van der Waals surface area contributed by atoms with E-state index >= 15 is 0 Å². The first kappa shape index (κ1) is 11.9. The molecule has 0 N–H and O–H groups in total. The van der Waals surface area contributed by atoms with E-state index in [-0.39, 0.29) is 5.91 Å². The van der Waals surface area contributed by atoms with E-state index in [0.717, 1.165) is 0 Å². The summed E-state index contributed by atoms with van der Waals surface area (Å²) in [5.41, 5.74) is 0. The number of rotatable bonds is 6. The molecule has 0 rings (SSSR count). The number of methoxy groups -OCH3 is 1. The molecule has 0 unspecified atom stereocenters. The van der Waals surface area contributed by atoms with Crippen molar-refractivity contribution in [1.82, 2.24) is 4.90 Å². The molecule has 0 aromatic rings. The predicted octanol–water partition coefficient (Wildman–Crippen LogP) is 1.22. The Kier molecular flexibility index (Phi) is 6.92. The molecular formula is C10H17NO2. The minimum atomic E-state index is -0.000509. The first-order chi connectivity index (χ1) is 6.26. The maximum atomic E-state index is 11.4. The van der Waals surface area contributed by atoms with Crippen molar-refractivity contribution < 1.29 is 9.53 Å². The molecule has 0 radical (unpaired) electrons. The van der Waals surface area contributed by atoms with E-state index in [4.69, 9.17) is 4.74 Å². The lowest BCUT2D eigenvalue weighted by molar-refractivity contribution is -0.126. The Balaban J connectivity index is 4.05. The van der Waals surface area contributed by atoms with Crippen LogP contribution >= 0.6 is 0 Å². The van der Waals surface area contributed by atoms with Gasteiger partial charge in [0.25, 0.3) is 0 Å². The monoisotopic (exact) mass is 183 g/mol. The second-order valence-electron chi connectivity index (χ2n) is 2.57. The number of hydrogen-bond acceptors (Lipinski definition) is 2. The number of carbonyl (C=O) groups excluding carboxylic acids is 1. The molecule has 0 bridgehead atoms. The summed E-state index contributed by atoms with van der Waals surface area (Å²) in [4.78, 5) is 13.1. The van der Waals surface area contributed by atoms with E-state index < -0.39 is 0 Å². The van der Waals surface area contributed by atoms with Gasteiger partial charge in [0, 0.05) is 20.2 Å². The highest BCUT2D eigenvalue weighted by Gasteiger charge is 2.06. The van der Waals surface area contributed by atoms with Crippen molar-refractivity contribution in [2.45, 2.75) is 6.92 Å². The van der Waals surface area contributed by atoms with Gasteiger partial charge >= 0.3 is 0 Å². The van der Waals surface area contributed by atoms with Gasteiger partial charge in [-0.05, 0) is 13.0 Å². The highest BCUT2D eigenvalue weighted by Crippen LogP contribution is 1.92. The van der Waals surface area contributed by atoms with Crippen LogP contribution in [0.5, 0.6) is 0 Å². The molecule has 74 valence electrons. The largest absolute Gasteiger partial charge is 0.383 e. The molecule has 0 spiro atoms. The molecule has 0 saturated heterocycles. The number of allylic oxidation sites excluding steroid dienone is 1. The fraction of sp³-hybridized carbons (Fsp3) is 0.500. The van der Waals surface area contributed by atoms with Crippen LogP contribution in [0.1, 0.15) is 6.92 Å². The molecule has 0 aliphatic rings. The van der Waals surface area contributed by atoms with Crippen molar-refractivity contribution in [3.8, 4) is 0 Å². The minimum absolute atomic E-state index is 0.000509. The van der Waals surface area contributed by atoms with Crippen LogP contribution in [-0.4, -0.2) is 37.6 Å². The third kappa shape index (κ3) is 5.20. The lowest BCUT2D eigenvalue weighted by Gasteiger charge is -2.18. The third-order valence-electron chi connectivity index (χ3n) is 1.54. The predicted molar refractivity (Wildman–Crippen MR) is 53.5 cm³/mol. The summed E-state index contributed by atoms with van der Waals surface area (Å²) in [6, 6.07) is 0. The summed E-state index contributed by atoms with van der Waals surface area (Å²) in [6.45, 7) is 7.13. The number of amides is 1. The van der Waals surface area contributed by atoms with E-state index in [9.17, 15) is 4.79 Å². The Labute approximate surface area is 79.7 Å². The number of hydrogen-bond donors (Lipinski definition) is 0. The van der Waals surface area contributed by atoms with Crippen molar-refractivity contribution >= 4 is 5.91 Å². The fourth-order valence-corrected chi connectivity index (χ4v) is 0.897. The highest BCUT2D eigenvalue weighted by molar-refractivity contribution is 5.87. The average Bonchev–Trinajstić information content (AvgIpc) is 2.12. The second kappa shape index (κ2) is 7.55. The Hall–Kier alpha value is -1.09. The first-order valence-corrected chi connectivity index (χ1v) is 4.27. The molecule has 3 heteroatoms. The molecule has 0 aliphatic heterocycles. The van der Waals surface area contributed by atoms with E-state index in [2.05, 4.69) is 6.58 Å². The second-order valence-corrected chi connectivity index (χ2v) is 2.57. The van der Waals surface area contributed by atoms with Crippen LogP contribution in [-0.2, 0) is 9.53 Å². The zero-order valence-corrected chi connectivity index (χ0v) is 8.32. The van der Waals surface area contributed by atoms with Crippen LogP contribution in [0.2, 0.25) is 0 Å². The van der Waals surface area contributed by atoms with E-state index in [1.165, 1.54) is 0 Å². The average molecular weight is 183 g/mol. The van der Waals surface area contributed by atoms with Crippen molar-refractivity contribution in [2.24, 2.45) is 0 Å². The Morgan fingerprint density at radius 1 is 1.62 bits per heavy atom. The lowest BCUT2D eigenvalue weighted by Crippen LogP contribution is -2.32.